The summed E-state index contributed by atoms with van der Waals surface area (Å²) in [7, 11) is 0. The zero-order valence-electron chi connectivity index (χ0n) is 8.99. The number of halogens is 1. The molecule has 1 N–H and O–H groups in total. The highest BCUT2D eigenvalue weighted by Gasteiger charge is 2.16. The Morgan fingerprint density at radius 2 is 2.38 bits per heavy atom. The Hall–Kier alpha value is -1.06. The van der Waals surface area contributed by atoms with E-state index in [2.05, 4.69) is 14.7 Å². The molecule has 3 nitrogen and oxygen atoms in total. The first-order chi connectivity index (χ1) is 7.83. The van der Waals surface area contributed by atoms with Crippen LogP contribution in [0.3, 0.4) is 0 Å². The molecule has 2 aromatic heterocycles. The van der Waals surface area contributed by atoms with Crippen molar-refractivity contribution in [2.45, 2.75) is 31.8 Å². The Labute approximate surface area is 99.4 Å². The molecule has 0 spiro atoms. The number of hydrogen-bond donors (Lipinski definition) is 1. The van der Waals surface area contributed by atoms with Crippen molar-refractivity contribution in [3.63, 3.8) is 0 Å². The van der Waals surface area contributed by atoms with E-state index in [-0.39, 0.29) is 0 Å². The van der Waals surface area contributed by atoms with Crippen molar-refractivity contribution in [3.8, 4) is 0 Å². The molecule has 3 rings (SSSR count). The van der Waals surface area contributed by atoms with Crippen LogP contribution < -0.4 is 5.32 Å². The lowest BCUT2D eigenvalue weighted by Crippen LogP contribution is -2.34. The van der Waals surface area contributed by atoms with Crippen LogP contribution in [-0.2, 0) is 6.54 Å². The van der Waals surface area contributed by atoms with E-state index in [1.54, 1.807) is 0 Å². The number of nitrogens with zero attached hydrogens (tertiary/aromatic N) is 2. The maximum atomic E-state index is 5.92. The van der Waals surface area contributed by atoms with Gasteiger partial charge in [0.2, 0.25) is 0 Å². The molecule has 1 aliphatic rings. The summed E-state index contributed by atoms with van der Waals surface area (Å²) in [5.74, 6) is 0. The van der Waals surface area contributed by atoms with Crippen LogP contribution in [0.2, 0.25) is 5.02 Å². The summed E-state index contributed by atoms with van der Waals surface area (Å²) >= 11 is 5.92. The summed E-state index contributed by atoms with van der Waals surface area (Å²) in [6.45, 7) is 0.882. The number of pyridine rings is 1. The van der Waals surface area contributed by atoms with Crippen molar-refractivity contribution in [1.82, 2.24) is 14.7 Å². The van der Waals surface area contributed by atoms with Gasteiger partial charge in [-0.15, -0.1) is 0 Å². The minimum absolute atomic E-state index is 0.706. The molecular weight excluding hydrogens is 222 g/mol. The summed E-state index contributed by atoms with van der Waals surface area (Å²) < 4.78 is 2.08. The van der Waals surface area contributed by atoms with Crippen molar-refractivity contribution < 1.29 is 0 Å². The van der Waals surface area contributed by atoms with Crippen LogP contribution in [0.25, 0.3) is 5.65 Å². The van der Waals surface area contributed by atoms with E-state index < -0.39 is 0 Å². The van der Waals surface area contributed by atoms with E-state index in [1.165, 1.54) is 25.0 Å². The van der Waals surface area contributed by atoms with Crippen molar-refractivity contribution >= 4 is 17.2 Å². The molecule has 0 saturated heterocycles. The van der Waals surface area contributed by atoms with Gasteiger partial charge in [-0.05, 0) is 25.0 Å². The number of fused-ring (bicyclic) bond motifs is 1. The van der Waals surface area contributed by atoms with Crippen molar-refractivity contribution in [3.05, 3.63) is 35.2 Å². The number of nitrogens with one attached hydrogen (secondary N) is 1. The lowest BCUT2D eigenvalue weighted by atomic mass is 9.93. The minimum Gasteiger partial charge on any atom is -0.308 e. The quantitative estimate of drug-likeness (QED) is 0.886. The molecule has 0 aliphatic heterocycles. The molecule has 0 bridgehead atoms. The summed E-state index contributed by atoms with van der Waals surface area (Å²) in [5, 5.41) is 4.27. The molecular formula is C12H14ClN3. The first-order valence-corrected chi connectivity index (χ1v) is 6.05. The fourth-order valence-electron chi connectivity index (χ4n) is 2.00. The molecule has 16 heavy (non-hydrogen) atoms. The average molecular weight is 236 g/mol. The maximum absolute atomic E-state index is 5.92. The number of imidazole rings is 1. The van der Waals surface area contributed by atoms with E-state index in [1.807, 2.05) is 24.5 Å². The highest BCUT2D eigenvalue weighted by molar-refractivity contribution is 6.30. The van der Waals surface area contributed by atoms with Crippen LogP contribution in [0.1, 0.15) is 25.0 Å². The second-order valence-electron chi connectivity index (χ2n) is 4.33. The number of aromatic nitrogens is 2. The van der Waals surface area contributed by atoms with E-state index in [0.29, 0.717) is 6.04 Å². The third kappa shape index (κ3) is 1.81. The molecule has 84 valence electrons. The van der Waals surface area contributed by atoms with Gasteiger partial charge in [-0.2, -0.15) is 0 Å². The highest BCUT2D eigenvalue weighted by Crippen LogP contribution is 2.19. The van der Waals surface area contributed by atoms with Crippen LogP contribution in [0, 0.1) is 0 Å². The van der Waals surface area contributed by atoms with Gasteiger partial charge in [0.15, 0.2) is 0 Å². The normalized spacial score (nSPS) is 16.6. The van der Waals surface area contributed by atoms with Crippen LogP contribution >= 0.6 is 11.6 Å². The Morgan fingerprint density at radius 3 is 3.12 bits per heavy atom. The zero-order chi connectivity index (χ0) is 11.0. The first-order valence-electron chi connectivity index (χ1n) is 5.68. The van der Waals surface area contributed by atoms with E-state index in [4.69, 9.17) is 11.6 Å². The van der Waals surface area contributed by atoms with E-state index in [0.717, 1.165) is 17.2 Å². The monoisotopic (exact) mass is 235 g/mol. The Kier molecular flexibility index (Phi) is 2.58. The number of rotatable bonds is 3. The standard InChI is InChI=1S/C12H14ClN3/c13-9-4-5-16-11(8-15-12(16)6-9)7-14-10-2-1-3-10/h4-6,8,10,14H,1-3,7H2. The van der Waals surface area contributed by atoms with Crippen molar-refractivity contribution in [2.75, 3.05) is 0 Å². The third-order valence-corrected chi connectivity index (χ3v) is 3.46. The maximum Gasteiger partial charge on any atom is 0.138 e. The summed E-state index contributed by atoms with van der Waals surface area (Å²) in [6, 6.07) is 4.48. The van der Waals surface area contributed by atoms with Crippen LogP contribution in [0.4, 0.5) is 0 Å². The second kappa shape index (κ2) is 4.07. The molecule has 0 aromatic carbocycles. The second-order valence-corrected chi connectivity index (χ2v) is 4.77. The molecule has 1 saturated carbocycles. The Bertz CT molecular complexity index is 502. The molecule has 2 aromatic rings. The smallest absolute Gasteiger partial charge is 0.138 e. The Balaban J connectivity index is 1.80. The molecule has 0 atom stereocenters. The molecule has 2 heterocycles. The topological polar surface area (TPSA) is 29.3 Å². The van der Waals surface area contributed by atoms with Crippen LogP contribution in [0.5, 0.6) is 0 Å². The summed E-state index contributed by atoms with van der Waals surface area (Å²) in [6.07, 6.45) is 7.87. The first kappa shape index (κ1) is 10.1. The molecule has 1 fully saturated rings. The molecule has 0 amide bonds. The SMILES string of the molecule is Clc1ccn2c(CNC3CCC3)cnc2c1. The van der Waals surface area contributed by atoms with Crippen molar-refractivity contribution in [1.29, 1.82) is 0 Å². The molecule has 1 aliphatic carbocycles. The van der Waals surface area contributed by atoms with E-state index >= 15 is 0 Å². The average Bonchev–Trinajstić information content (AvgIpc) is 2.58. The van der Waals surface area contributed by atoms with Crippen LogP contribution in [-0.4, -0.2) is 15.4 Å². The predicted molar refractivity (Wildman–Crippen MR) is 64.7 cm³/mol. The fourth-order valence-corrected chi connectivity index (χ4v) is 2.15. The number of hydrogen-bond acceptors (Lipinski definition) is 2. The zero-order valence-corrected chi connectivity index (χ0v) is 9.74. The van der Waals surface area contributed by atoms with Gasteiger partial charge in [0, 0.05) is 23.8 Å². The summed E-state index contributed by atoms with van der Waals surface area (Å²) in [5.41, 5.74) is 2.11. The minimum atomic E-state index is 0.706. The third-order valence-electron chi connectivity index (χ3n) is 3.23. The lowest BCUT2D eigenvalue weighted by molar-refractivity contribution is 0.336. The van der Waals surface area contributed by atoms with E-state index in [9.17, 15) is 0 Å². The van der Waals surface area contributed by atoms with Gasteiger partial charge in [0.05, 0.1) is 11.9 Å². The van der Waals surface area contributed by atoms with Gasteiger partial charge in [-0.25, -0.2) is 4.98 Å². The van der Waals surface area contributed by atoms with Gasteiger partial charge in [-0.1, -0.05) is 18.0 Å². The fraction of sp³-hybridized carbons (Fsp3) is 0.417. The lowest BCUT2D eigenvalue weighted by Gasteiger charge is -2.26. The predicted octanol–water partition coefficient (Wildman–Crippen LogP) is 2.63. The highest BCUT2D eigenvalue weighted by atomic mass is 35.5. The van der Waals surface area contributed by atoms with Crippen LogP contribution in [0.15, 0.2) is 24.5 Å². The van der Waals surface area contributed by atoms with Crippen molar-refractivity contribution in [2.24, 2.45) is 0 Å². The molecule has 4 heteroatoms. The van der Waals surface area contributed by atoms with Gasteiger partial charge in [0.1, 0.15) is 5.65 Å². The van der Waals surface area contributed by atoms with Gasteiger partial charge < -0.3 is 9.72 Å². The Morgan fingerprint density at radius 1 is 1.50 bits per heavy atom. The van der Waals surface area contributed by atoms with Gasteiger partial charge >= 0.3 is 0 Å². The molecule has 0 radical (unpaired) electrons. The molecule has 0 unspecified atom stereocenters. The largest absolute Gasteiger partial charge is 0.308 e. The van der Waals surface area contributed by atoms with Gasteiger partial charge in [0.25, 0.3) is 0 Å². The summed E-state index contributed by atoms with van der Waals surface area (Å²) in [4.78, 5) is 4.34. The van der Waals surface area contributed by atoms with Gasteiger partial charge in [-0.3, -0.25) is 0 Å².